The number of aliphatic hydroxyl groups is 1. The lowest BCUT2D eigenvalue weighted by Crippen LogP contribution is -2.40. The topological polar surface area (TPSA) is 29.5 Å². The Kier molecular flexibility index (Phi) is 5.62. The summed E-state index contributed by atoms with van der Waals surface area (Å²) in [5.74, 6) is 1.17. The smallest absolute Gasteiger partial charge is 0.0716 e. The fourth-order valence-electron chi connectivity index (χ4n) is 3.36. The van der Waals surface area contributed by atoms with Crippen LogP contribution in [0.1, 0.15) is 51.5 Å². The average Bonchev–Trinajstić information content (AvgIpc) is 2.46. The molecule has 1 aliphatic carbocycles. The Labute approximate surface area is 123 Å². The summed E-state index contributed by atoms with van der Waals surface area (Å²) in [6.45, 7) is 5.73. The Morgan fingerprint density at radius 2 is 2.05 bits per heavy atom. The summed E-state index contributed by atoms with van der Waals surface area (Å²) >= 11 is 0. The van der Waals surface area contributed by atoms with E-state index in [1.54, 1.807) is 0 Å². The van der Waals surface area contributed by atoms with Gasteiger partial charge in [-0.1, -0.05) is 43.7 Å². The van der Waals surface area contributed by atoms with E-state index in [-0.39, 0.29) is 0 Å². The van der Waals surface area contributed by atoms with E-state index in [9.17, 15) is 5.11 Å². The fraction of sp³-hybridized carbons (Fsp3) is 0.667. The first-order chi connectivity index (χ1) is 9.62. The zero-order valence-corrected chi connectivity index (χ0v) is 12.8. The molecule has 2 nitrogen and oxygen atoms in total. The van der Waals surface area contributed by atoms with E-state index < -0.39 is 5.60 Å². The van der Waals surface area contributed by atoms with Crippen molar-refractivity contribution in [2.75, 3.05) is 6.61 Å². The summed E-state index contributed by atoms with van der Waals surface area (Å²) in [7, 11) is 0. The van der Waals surface area contributed by atoms with Gasteiger partial charge in [-0.15, -0.1) is 0 Å². The molecule has 2 heteroatoms. The molecule has 1 aliphatic rings. The Bertz CT molecular complexity index is 386. The van der Waals surface area contributed by atoms with Crippen LogP contribution < -0.4 is 0 Å². The van der Waals surface area contributed by atoms with Crippen molar-refractivity contribution in [1.82, 2.24) is 0 Å². The van der Waals surface area contributed by atoms with Gasteiger partial charge < -0.3 is 9.84 Å². The summed E-state index contributed by atoms with van der Waals surface area (Å²) in [6, 6.07) is 10.3. The molecule has 0 heterocycles. The second kappa shape index (κ2) is 7.24. The molecule has 0 aliphatic heterocycles. The van der Waals surface area contributed by atoms with Crippen LogP contribution >= 0.6 is 0 Å². The molecule has 0 amide bonds. The molecule has 1 saturated carbocycles. The first-order valence-electron chi connectivity index (χ1n) is 7.96. The first kappa shape index (κ1) is 15.5. The highest BCUT2D eigenvalue weighted by molar-refractivity contribution is 5.13. The van der Waals surface area contributed by atoms with Crippen molar-refractivity contribution < 1.29 is 9.84 Å². The van der Waals surface area contributed by atoms with Crippen molar-refractivity contribution in [3.05, 3.63) is 35.9 Å². The molecule has 1 aromatic carbocycles. The molecule has 112 valence electrons. The number of hydrogen-bond donors (Lipinski definition) is 1. The van der Waals surface area contributed by atoms with Gasteiger partial charge in [0.1, 0.15) is 0 Å². The van der Waals surface area contributed by atoms with Gasteiger partial charge in [0.2, 0.25) is 0 Å². The van der Waals surface area contributed by atoms with E-state index in [4.69, 9.17) is 4.74 Å². The Morgan fingerprint density at radius 1 is 1.30 bits per heavy atom. The molecule has 3 atom stereocenters. The lowest BCUT2D eigenvalue weighted by Gasteiger charge is -2.40. The predicted molar refractivity (Wildman–Crippen MR) is 82.5 cm³/mol. The van der Waals surface area contributed by atoms with Crippen LogP contribution in [0.3, 0.4) is 0 Å². The molecule has 0 bridgehead atoms. The molecule has 0 spiro atoms. The van der Waals surface area contributed by atoms with Crippen molar-refractivity contribution in [3.8, 4) is 0 Å². The third kappa shape index (κ3) is 4.32. The molecule has 1 fully saturated rings. The van der Waals surface area contributed by atoms with E-state index in [1.807, 2.05) is 25.1 Å². The van der Waals surface area contributed by atoms with Crippen LogP contribution in [0.5, 0.6) is 0 Å². The van der Waals surface area contributed by atoms with Crippen molar-refractivity contribution >= 4 is 0 Å². The van der Waals surface area contributed by atoms with Gasteiger partial charge in [-0.25, -0.2) is 0 Å². The highest BCUT2D eigenvalue weighted by Crippen LogP contribution is 2.39. The highest BCUT2D eigenvalue weighted by Gasteiger charge is 2.36. The van der Waals surface area contributed by atoms with Crippen molar-refractivity contribution in [2.45, 2.75) is 58.2 Å². The van der Waals surface area contributed by atoms with Crippen LogP contribution in [-0.4, -0.2) is 17.3 Å². The van der Waals surface area contributed by atoms with E-state index in [2.05, 4.69) is 19.1 Å². The summed E-state index contributed by atoms with van der Waals surface area (Å²) in [5, 5.41) is 10.3. The Morgan fingerprint density at radius 3 is 2.75 bits per heavy atom. The predicted octanol–water partition coefficient (Wildman–Crippen LogP) is 4.17. The van der Waals surface area contributed by atoms with Gasteiger partial charge in [-0.3, -0.25) is 0 Å². The van der Waals surface area contributed by atoms with Crippen molar-refractivity contribution in [2.24, 2.45) is 11.8 Å². The lowest BCUT2D eigenvalue weighted by atomic mass is 9.70. The standard InChI is InChI=1S/C18H28O2/c1-3-17-13-15(9-11-18(17,2)19)10-12-20-14-16-7-5-4-6-8-16/h4-8,15,17,19H,3,9-14H2,1-2H3/t15-,17-,18+/m1/s1. The number of benzene rings is 1. The lowest BCUT2D eigenvalue weighted by molar-refractivity contribution is -0.0519. The van der Waals surface area contributed by atoms with Crippen LogP contribution in [0.2, 0.25) is 0 Å². The molecule has 1 N–H and O–H groups in total. The van der Waals surface area contributed by atoms with Gasteiger partial charge in [-0.05, 0) is 50.0 Å². The average molecular weight is 276 g/mol. The van der Waals surface area contributed by atoms with E-state index >= 15 is 0 Å². The maximum Gasteiger partial charge on any atom is 0.0716 e. The SMILES string of the molecule is CC[C@@H]1C[C@@H](CCOCc2ccccc2)CC[C@]1(C)O. The molecular weight excluding hydrogens is 248 g/mol. The third-order valence-electron chi connectivity index (χ3n) is 4.83. The van der Waals surface area contributed by atoms with Crippen LogP contribution in [0.25, 0.3) is 0 Å². The van der Waals surface area contributed by atoms with Crippen LogP contribution in [0.4, 0.5) is 0 Å². The fourth-order valence-corrected chi connectivity index (χ4v) is 3.36. The number of rotatable bonds is 6. The summed E-state index contributed by atoms with van der Waals surface area (Å²) in [6.07, 6.45) is 5.43. The van der Waals surface area contributed by atoms with E-state index in [0.717, 1.165) is 44.6 Å². The molecule has 2 rings (SSSR count). The van der Waals surface area contributed by atoms with Crippen molar-refractivity contribution in [1.29, 1.82) is 0 Å². The molecule has 0 aromatic heterocycles. The van der Waals surface area contributed by atoms with E-state index in [0.29, 0.717) is 12.5 Å². The van der Waals surface area contributed by atoms with Crippen LogP contribution in [-0.2, 0) is 11.3 Å². The minimum atomic E-state index is -0.448. The van der Waals surface area contributed by atoms with Crippen LogP contribution in [0.15, 0.2) is 30.3 Å². The van der Waals surface area contributed by atoms with Crippen molar-refractivity contribution in [3.63, 3.8) is 0 Å². The van der Waals surface area contributed by atoms with Gasteiger partial charge in [0.25, 0.3) is 0 Å². The first-order valence-corrected chi connectivity index (χ1v) is 7.96. The van der Waals surface area contributed by atoms with Gasteiger partial charge >= 0.3 is 0 Å². The minimum Gasteiger partial charge on any atom is -0.390 e. The Hall–Kier alpha value is -0.860. The monoisotopic (exact) mass is 276 g/mol. The van der Waals surface area contributed by atoms with Crippen LogP contribution in [0, 0.1) is 11.8 Å². The summed E-state index contributed by atoms with van der Waals surface area (Å²) in [5.41, 5.74) is 0.793. The third-order valence-corrected chi connectivity index (χ3v) is 4.83. The van der Waals surface area contributed by atoms with E-state index in [1.165, 1.54) is 5.56 Å². The largest absolute Gasteiger partial charge is 0.390 e. The normalized spacial score (nSPS) is 30.4. The summed E-state index contributed by atoms with van der Waals surface area (Å²) in [4.78, 5) is 0. The zero-order valence-electron chi connectivity index (χ0n) is 12.8. The molecule has 20 heavy (non-hydrogen) atoms. The molecule has 1 aromatic rings. The molecular formula is C18H28O2. The molecule has 0 unspecified atom stereocenters. The van der Waals surface area contributed by atoms with Gasteiger partial charge in [0, 0.05) is 6.61 Å². The second-order valence-electron chi connectivity index (χ2n) is 6.43. The summed E-state index contributed by atoms with van der Waals surface area (Å²) < 4.78 is 5.78. The second-order valence-corrected chi connectivity index (χ2v) is 6.43. The molecule has 0 saturated heterocycles. The zero-order chi connectivity index (χ0) is 14.4. The quantitative estimate of drug-likeness (QED) is 0.790. The number of ether oxygens (including phenoxy) is 1. The number of hydrogen-bond acceptors (Lipinski definition) is 2. The minimum absolute atomic E-state index is 0.448. The molecule has 0 radical (unpaired) electrons. The van der Waals surface area contributed by atoms with Gasteiger partial charge in [0.05, 0.1) is 12.2 Å². The maximum atomic E-state index is 10.3. The Balaban J connectivity index is 1.67. The highest BCUT2D eigenvalue weighted by atomic mass is 16.5. The van der Waals surface area contributed by atoms with Gasteiger partial charge in [-0.2, -0.15) is 0 Å². The van der Waals surface area contributed by atoms with Gasteiger partial charge in [0.15, 0.2) is 0 Å². The maximum absolute atomic E-state index is 10.3.